The Morgan fingerprint density at radius 2 is 1.40 bits per heavy atom. The molecule has 0 saturated carbocycles. The number of aromatic nitrogens is 4. The van der Waals surface area contributed by atoms with Crippen molar-refractivity contribution in [2.45, 2.75) is 11.1 Å². The van der Waals surface area contributed by atoms with Gasteiger partial charge in [0.05, 0.1) is 32.7 Å². The van der Waals surface area contributed by atoms with Crippen molar-refractivity contribution in [1.29, 1.82) is 0 Å². The molecule has 0 atom stereocenters. The molecule has 6 nitrogen and oxygen atoms in total. The maximum atomic E-state index is 14.0. The zero-order valence-corrected chi connectivity index (χ0v) is 21.2. The van der Waals surface area contributed by atoms with Crippen molar-refractivity contribution >= 4 is 21.1 Å². The summed E-state index contributed by atoms with van der Waals surface area (Å²) in [5.74, 6) is -0.451. The molecule has 200 valence electrons. The number of benzene rings is 4. The standard InChI is InChI=1S/C29H18F4N4O2S/c30-21-14-10-19(11-15-21)27-24(18-36(35-27)22-6-2-1-3-7-22)28-34-25-8-4-5-9-26(25)37(28)40(38,39)23-16-12-20(13-17-23)29(31,32)33/h1-18H. The van der Waals surface area contributed by atoms with Crippen LogP contribution in [0.25, 0.3) is 39.4 Å². The van der Waals surface area contributed by atoms with E-state index in [-0.39, 0.29) is 16.2 Å². The number of para-hydroxylation sites is 3. The molecule has 40 heavy (non-hydrogen) atoms. The predicted octanol–water partition coefficient (Wildman–Crippen LogP) is 6.95. The molecule has 0 aliphatic carbocycles. The van der Waals surface area contributed by atoms with Crippen LogP contribution in [0.1, 0.15) is 5.56 Å². The summed E-state index contributed by atoms with van der Waals surface area (Å²) in [5.41, 5.74) is 1.47. The van der Waals surface area contributed by atoms with Gasteiger partial charge >= 0.3 is 6.18 Å². The quantitative estimate of drug-likeness (QED) is 0.213. The van der Waals surface area contributed by atoms with E-state index in [1.54, 1.807) is 35.1 Å². The van der Waals surface area contributed by atoms with Crippen LogP contribution in [-0.4, -0.2) is 27.2 Å². The van der Waals surface area contributed by atoms with E-state index in [1.165, 1.54) is 24.3 Å². The zero-order chi connectivity index (χ0) is 28.1. The first-order valence-corrected chi connectivity index (χ1v) is 13.4. The molecule has 0 fully saturated rings. The molecule has 0 bridgehead atoms. The van der Waals surface area contributed by atoms with Gasteiger partial charge in [0.2, 0.25) is 0 Å². The van der Waals surface area contributed by atoms with Gasteiger partial charge in [0, 0.05) is 11.8 Å². The van der Waals surface area contributed by atoms with Crippen LogP contribution in [0.15, 0.2) is 114 Å². The summed E-state index contributed by atoms with van der Waals surface area (Å²) in [6.45, 7) is 0. The van der Waals surface area contributed by atoms with Gasteiger partial charge in [0.15, 0.2) is 5.82 Å². The minimum Gasteiger partial charge on any atom is -0.240 e. The molecule has 0 saturated heterocycles. The first kappa shape index (κ1) is 25.5. The fourth-order valence-corrected chi connectivity index (χ4v) is 5.88. The number of nitrogens with zero attached hydrogens (tertiary/aromatic N) is 4. The van der Waals surface area contributed by atoms with Gasteiger partial charge < -0.3 is 0 Å². The van der Waals surface area contributed by atoms with Gasteiger partial charge in [-0.15, -0.1) is 0 Å². The lowest BCUT2D eigenvalue weighted by Gasteiger charge is -2.12. The number of imidazole rings is 1. The summed E-state index contributed by atoms with van der Waals surface area (Å²) >= 11 is 0. The number of fused-ring (bicyclic) bond motifs is 1. The molecule has 4 aromatic carbocycles. The summed E-state index contributed by atoms with van der Waals surface area (Å²) in [7, 11) is -4.43. The largest absolute Gasteiger partial charge is 0.416 e. The van der Waals surface area contributed by atoms with Crippen molar-refractivity contribution in [2.24, 2.45) is 0 Å². The molecule has 0 aliphatic rings. The molecule has 0 amide bonds. The van der Waals surface area contributed by atoms with Crippen molar-refractivity contribution in [3.05, 3.63) is 121 Å². The maximum absolute atomic E-state index is 14.0. The third-order valence-corrected chi connectivity index (χ3v) is 8.05. The average molecular weight is 563 g/mol. The van der Waals surface area contributed by atoms with Gasteiger partial charge in [0.25, 0.3) is 10.0 Å². The molecule has 0 radical (unpaired) electrons. The molecule has 6 aromatic rings. The summed E-state index contributed by atoms with van der Waals surface area (Å²) in [4.78, 5) is 4.27. The van der Waals surface area contributed by atoms with E-state index < -0.39 is 27.6 Å². The average Bonchev–Trinajstić information content (AvgIpc) is 3.56. The zero-order valence-electron chi connectivity index (χ0n) is 20.4. The van der Waals surface area contributed by atoms with E-state index >= 15 is 0 Å². The number of alkyl halides is 3. The van der Waals surface area contributed by atoms with E-state index in [4.69, 9.17) is 0 Å². The Bertz CT molecular complexity index is 1950. The molecule has 0 N–H and O–H groups in total. The van der Waals surface area contributed by atoms with Crippen LogP contribution in [0.3, 0.4) is 0 Å². The fraction of sp³-hybridized carbons (Fsp3) is 0.0345. The summed E-state index contributed by atoms with van der Waals surface area (Å²) in [6, 6.07) is 24.5. The first-order valence-electron chi connectivity index (χ1n) is 11.9. The van der Waals surface area contributed by atoms with Gasteiger partial charge in [0.1, 0.15) is 11.5 Å². The van der Waals surface area contributed by atoms with Crippen LogP contribution in [0, 0.1) is 5.82 Å². The van der Waals surface area contributed by atoms with E-state index in [0.717, 1.165) is 28.2 Å². The van der Waals surface area contributed by atoms with E-state index in [2.05, 4.69) is 10.1 Å². The van der Waals surface area contributed by atoms with Crippen molar-refractivity contribution < 1.29 is 26.0 Å². The number of hydrogen-bond acceptors (Lipinski definition) is 4. The smallest absolute Gasteiger partial charge is 0.240 e. The topological polar surface area (TPSA) is 69.8 Å². The lowest BCUT2D eigenvalue weighted by atomic mass is 10.1. The van der Waals surface area contributed by atoms with Crippen LogP contribution < -0.4 is 0 Å². The molecule has 11 heteroatoms. The summed E-state index contributed by atoms with van der Waals surface area (Å²) in [5, 5.41) is 4.68. The number of rotatable bonds is 5. The third-order valence-electron chi connectivity index (χ3n) is 6.33. The Balaban J connectivity index is 1.61. The Labute approximate surface area is 225 Å². The molecular formula is C29H18F4N4O2S. The highest BCUT2D eigenvalue weighted by Crippen LogP contribution is 2.36. The normalized spacial score (nSPS) is 12.2. The van der Waals surface area contributed by atoms with E-state index in [0.29, 0.717) is 28.0 Å². The second kappa shape index (κ2) is 9.45. The lowest BCUT2D eigenvalue weighted by Crippen LogP contribution is -2.15. The second-order valence-corrected chi connectivity index (χ2v) is 10.7. The molecule has 0 aliphatic heterocycles. The SMILES string of the molecule is O=S(=O)(c1ccc(C(F)(F)F)cc1)n1c(-c2cn(-c3ccccc3)nc2-c2ccc(F)cc2)nc2ccccc21. The van der Waals surface area contributed by atoms with Gasteiger partial charge in [-0.05, 0) is 72.8 Å². The first-order chi connectivity index (χ1) is 19.1. The fourth-order valence-electron chi connectivity index (χ4n) is 4.41. The summed E-state index contributed by atoms with van der Waals surface area (Å²) in [6.07, 6.45) is -3.00. The van der Waals surface area contributed by atoms with Crippen LogP contribution in [0.2, 0.25) is 0 Å². The molecule has 0 spiro atoms. The number of halogens is 4. The second-order valence-electron chi connectivity index (χ2n) is 8.89. The van der Waals surface area contributed by atoms with Crippen molar-refractivity contribution in [1.82, 2.24) is 18.7 Å². The Hall–Kier alpha value is -4.77. The third kappa shape index (κ3) is 4.43. The highest BCUT2D eigenvalue weighted by Gasteiger charge is 2.32. The van der Waals surface area contributed by atoms with Crippen molar-refractivity contribution in [2.75, 3.05) is 0 Å². The monoisotopic (exact) mass is 562 g/mol. The Morgan fingerprint density at radius 3 is 2.08 bits per heavy atom. The summed E-state index contributed by atoms with van der Waals surface area (Å²) < 4.78 is 83.8. The molecular weight excluding hydrogens is 544 g/mol. The highest BCUT2D eigenvalue weighted by molar-refractivity contribution is 7.90. The van der Waals surface area contributed by atoms with Crippen LogP contribution in [0.5, 0.6) is 0 Å². The molecule has 0 unspecified atom stereocenters. The van der Waals surface area contributed by atoms with E-state index in [9.17, 15) is 26.0 Å². The van der Waals surface area contributed by atoms with Gasteiger partial charge in [-0.1, -0.05) is 30.3 Å². The molecule has 2 aromatic heterocycles. The Kier molecular flexibility index (Phi) is 6.03. The molecule has 6 rings (SSSR count). The highest BCUT2D eigenvalue weighted by atomic mass is 32.2. The maximum Gasteiger partial charge on any atom is 0.416 e. The molecule has 2 heterocycles. The Morgan fingerprint density at radius 1 is 0.750 bits per heavy atom. The van der Waals surface area contributed by atoms with E-state index in [1.807, 2.05) is 30.3 Å². The minimum atomic E-state index is -4.62. The van der Waals surface area contributed by atoms with Gasteiger partial charge in [-0.2, -0.15) is 18.3 Å². The van der Waals surface area contributed by atoms with Crippen LogP contribution in [0.4, 0.5) is 17.6 Å². The number of hydrogen-bond donors (Lipinski definition) is 0. The predicted molar refractivity (Wildman–Crippen MR) is 142 cm³/mol. The van der Waals surface area contributed by atoms with Crippen molar-refractivity contribution in [3.63, 3.8) is 0 Å². The van der Waals surface area contributed by atoms with Crippen molar-refractivity contribution in [3.8, 4) is 28.3 Å². The van der Waals surface area contributed by atoms with Gasteiger partial charge in [-0.25, -0.2) is 26.4 Å². The van der Waals surface area contributed by atoms with Gasteiger partial charge in [-0.3, -0.25) is 0 Å². The minimum absolute atomic E-state index is 0.00241. The lowest BCUT2D eigenvalue weighted by molar-refractivity contribution is -0.137. The van der Waals surface area contributed by atoms with Crippen LogP contribution >= 0.6 is 0 Å². The van der Waals surface area contributed by atoms with Crippen LogP contribution in [-0.2, 0) is 16.2 Å².